The number of para-hydroxylation sites is 1. The van der Waals surface area contributed by atoms with Crippen LogP contribution in [0.4, 0.5) is 16.2 Å². The molecule has 0 aromatic heterocycles. The summed E-state index contributed by atoms with van der Waals surface area (Å²) in [4.78, 5) is 34.8. The van der Waals surface area contributed by atoms with Crippen molar-refractivity contribution in [3.8, 4) is 0 Å². The van der Waals surface area contributed by atoms with Crippen LogP contribution in [0, 0.1) is 5.92 Å². The van der Waals surface area contributed by atoms with Crippen molar-refractivity contribution in [3.63, 3.8) is 0 Å². The number of hydrogen-bond donors (Lipinski definition) is 2. The van der Waals surface area contributed by atoms with Crippen molar-refractivity contribution in [1.29, 1.82) is 0 Å². The number of fused-ring (bicyclic) bond motifs is 2. The molecule has 34 heavy (non-hydrogen) atoms. The summed E-state index contributed by atoms with van der Waals surface area (Å²) in [6.45, 7) is 4.05. The SMILES string of the molecule is CC1CCN(C2=NC(NC(=O)Nc3ccc4c(c3)CCC4)C(=O)N(C)c3ccccc32)CC1.Cl. The van der Waals surface area contributed by atoms with Crippen LogP contribution in [0.25, 0.3) is 0 Å². The van der Waals surface area contributed by atoms with E-state index in [9.17, 15) is 9.59 Å². The quantitative estimate of drug-likeness (QED) is 0.674. The number of aliphatic imine (C=N–C) groups is 1. The molecule has 0 saturated carbocycles. The van der Waals surface area contributed by atoms with Gasteiger partial charge in [0.25, 0.3) is 5.91 Å². The van der Waals surface area contributed by atoms with E-state index in [0.717, 1.165) is 68.0 Å². The van der Waals surface area contributed by atoms with Crippen molar-refractivity contribution < 1.29 is 9.59 Å². The van der Waals surface area contributed by atoms with Gasteiger partial charge in [-0.25, -0.2) is 9.79 Å². The molecule has 0 radical (unpaired) electrons. The van der Waals surface area contributed by atoms with Gasteiger partial charge in [-0.15, -0.1) is 12.4 Å². The van der Waals surface area contributed by atoms with Crippen LogP contribution in [-0.2, 0) is 17.6 Å². The molecule has 2 aliphatic heterocycles. The number of likely N-dealkylation sites (tertiary alicyclic amines) is 1. The lowest BCUT2D eigenvalue weighted by molar-refractivity contribution is -0.119. The fourth-order valence-electron chi connectivity index (χ4n) is 5.01. The standard InChI is InChI=1S/C26H31N5O2.ClH/c1-17-12-14-31(15-13-17)24-21-8-3-4-9-22(21)30(2)25(32)23(28-24)29-26(33)27-20-11-10-18-6-5-7-19(18)16-20;/h3-4,8-11,16-17,23H,5-7,12-15H2,1-2H3,(H2,27,29,33);1H. The summed E-state index contributed by atoms with van der Waals surface area (Å²) in [5.74, 6) is 1.20. The Kier molecular flexibility index (Phi) is 7.12. The third-order valence-corrected chi connectivity index (χ3v) is 7.03. The average Bonchev–Trinajstić information content (AvgIpc) is 3.26. The zero-order valence-corrected chi connectivity index (χ0v) is 20.5. The van der Waals surface area contributed by atoms with Crippen molar-refractivity contribution >= 4 is 41.6 Å². The molecular formula is C26H32ClN5O2. The minimum absolute atomic E-state index is 0. The van der Waals surface area contributed by atoms with Crippen LogP contribution in [0.5, 0.6) is 0 Å². The first-order valence-corrected chi connectivity index (χ1v) is 11.9. The molecule has 2 heterocycles. The summed E-state index contributed by atoms with van der Waals surface area (Å²) in [5, 5.41) is 5.70. The van der Waals surface area contributed by atoms with E-state index in [1.54, 1.807) is 11.9 Å². The fraction of sp³-hybridized carbons (Fsp3) is 0.423. The Morgan fingerprint density at radius 2 is 1.79 bits per heavy atom. The highest BCUT2D eigenvalue weighted by Crippen LogP contribution is 2.28. The van der Waals surface area contributed by atoms with Crippen molar-refractivity contribution in [1.82, 2.24) is 10.2 Å². The Bertz CT molecular complexity index is 1110. The van der Waals surface area contributed by atoms with E-state index in [1.807, 2.05) is 36.4 Å². The third kappa shape index (κ3) is 4.75. The highest BCUT2D eigenvalue weighted by molar-refractivity contribution is 6.12. The van der Waals surface area contributed by atoms with Gasteiger partial charge in [-0.2, -0.15) is 0 Å². The molecule has 1 unspecified atom stereocenters. The van der Waals surface area contributed by atoms with E-state index >= 15 is 0 Å². The molecule has 5 rings (SSSR count). The number of nitrogens with zero attached hydrogens (tertiary/aromatic N) is 3. The molecule has 7 nitrogen and oxygen atoms in total. The molecule has 2 aromatic rings. The van der Waals surface area contributed by atoms with Gasteiger partial charge in [0, 0.05) is 31.4 Å². The molecule has 180 valence electrons. The van der Waals surface area contributed by atoms with Crippen molar-refractivity contribution in [2.45, 2.75) is 45.2 Å². The number of urea groups is 1. The first-order chi connectivity index (χ1) is 16.0. The van der Waals surface area contributed by atoms with Crippen LogP contribution in [0.15, 0.2) is 47.5 Å². The van der Waals surface area contributed by atoms with Crippen molar-refractivity contribution in [2.24, 2.45) is 10.9 Å². The number of carbonyl (C=O) groups is 2. The van der Waals surface area contributed by atoms with E-state index in [-0.39, 0.29) is 18.3 Å². The number of amides is 3. The average molecular weight is 482 g/mol. The number of hydrogen-bond acceptors (Lipinski definition) is 4. The largest absolute Gasteiger partial charge is 0.356 e. The highest BCUT2D eigenvalue weighted by Gasteiger charge is 2.33. The lowest BCUT2D eigenvalue weighted by Crippen LogP contribution is -2.48. The summed E-state index contributed by atoms with van der Waals surface area (Å²) in [6, 6.07) is 13.4. The summed E-state index contributed by atoms with van der Waals surface area (Å²) in [7, 11) is 1.74. The first kappa shape index (κ1) is 24.1. The zero-order chi connectivity index (χ0) is 22.9. The molecule has 1 saturated heterocycles. The Hall–Kier alpha value is -3.06. The second kappa shape index (κ2) is 10.1. The van der Waals surface area contributed by atoms with Gasteiger partial charge in [-0.1, -0.05) is 25.1 Å². The second-order valence-electron chi connectivity index (χ2n) is 9.37. The normalized spacial score (nSPS) is 20.0. The smallest absolute Gasteiger partial charge is 0.321 e. The molecule has 1 atom stereocenters. The molecular weight excluding hydrogens is 450 g/mol. The van der Waals surface area contributed by atoms with E-state index in [0.29, 0.717) is 5.92 Å². The monoisotopic (exact) mass is 481 g/mol. The maximum absolute atomic E-state index is 13.3. The lowest BCUT2D eigenvalue weighted by atomic mass is 9.98. The zero-order valence-electron chi connectivity index (χ0n) is 19.7. The molecule has 2 N–H and O–H groups in total. The number of nitrogens with one attached hydrogen (secondary N) is 2. The van der Waals surface area contributed by atoms with Gasteiger partial charge in [0.2, 0.25) is 6.17 Å². The number of amidine groups is 1. The number of likely N-dealkylation sites (N-methyl/N-ethyl adjacent to an activating group) is 1. The summed E-state index contributed by atoms with van der Waals surface area (Å²) >= 11 is 0. The van der Waals surface area contributed by atoms with E-state index in [4.69, 9.17) is 4.99 Å². The minimum Gasteiger partial charge on any atom is -0.356 e. The van der Waals surface area contributed by atoms with Crippen molar-refractivity contribution in [3.05, 3.63) is 59.2 Å². The second-order valence-corrected chi connectivity index (χ2v) is 9.37. The first-order valence-electron chi connectivity index (χ1n) is 11.9. The molecule has 2 aromatic carbocycles. The number of carbonyl (C=O) groups excluding carboxylic acids is 2. The number of halogens is 1. The topological polar surface area (TPSA) is 77.0 Å². The summed E-state index contributed by atoms with van der Waals surface area (Å²) in [6.07, 6.45) is 4.47. The predicted octanol–water partition coefficient (Wildman–Crippen LogP) is 4.20. The molecule has 0 bridgehead atoms. The van der Waals surface area contributed by atoms with Gasteiger partial charge >= 0.3 is 6.03 Å². The predicted molar refractivity (Wildman–Crippen MR) is 138 cm³/mol. The highest BCUT2D eigenvalue weighted by atomic mass is 35.5. The van der Waals surface area contributed by atoms with Crippen LogP contribution in [-0.4, -0.2) is 49.0 Å². The molecule has 1 aliphatic carbocycles. The molecule has 3 amide bonds. The van der Waals surface area contributed by atoms with Crippen LogP contribution < -0.4 is 15.5 Å². The number of aryl methyl sites for hydroxylation is 2. The van der Waals surface area contributed by atoms with Crippen molar-refractivity contribution in [2.75, 3.05) is 30.4 Å². The van der Waals surface area contributed by atoms with Gasteiger partial charge in [0.15, 0.2) is 0 Å². The lowest BCUT2D eigenvalue weighted by Gasteiger charge is -2.33. The molecule has 8 heteroatoms. The van der Waals surface area contributed by atoms with Crippen LogP contribution in [0.1, 0.15) is 42.9 Å². The summed E-state index contributed by atoms with van der Waals surface area (Å²) < 4.78 is 0. The maximum Gasteiger partial charge on any atom is 0.321 e. The minimum atomic E-state index is -0.994. The summed E-state index contributed by atoms with van der Waals surface area (Å²) in [5.41, 5.74) is 5.10. The maximum atomic E-state index is 13.3. The number of piperidine rings is 1. The van der Waals surface area contributed by atoms with Gasteiger partial charge in [-0.05, 0) is 73.4 Å². The molecule has 0 spiro atoms. The van der Waals surface area contributed by atoms with E-state index in [2.05, 4.69) is 28.5 Å². The van der Waals surface area contributed by atoms with E-state index in [1.165, 1.54) is 11.1 Å². The third-order valence-electron chi connectivity index (χ3n) is 7.03. The van der Waals surface area contributed by atoms with Gasteiger partial charge in [0.05, 0.1) is 5.69 Å². The molecule has 1 fully saturated rings. The van der Waals surface area contributed by atoms with Gasteiger partial charge < -0.3 is 20.4 Å². The van der Waals surface area contributed by atoms with Gasteiger partial charge in [0.1, 0.15) is 5.84 Å². The Labute approximate surface area is 207 Å². The van der Waals surface area contributed by atoms with Gasteiger partial charge in [-0.3, -0.25) is 4.79 Å². The van der Waals surface area contributed by atoms with Crippen LogP contribution in [0.3, 0.4) is 0 Å². The number of rotatable bonds is 2. The van der Waals surface area contributed by atoms with Crippen LogP contribution in [0.2, 0.25) is 0 Å². The number of benzodiazepines with no additional fused rings is 1. The number of benzene rings is 2. The Balaban J connectivity index is 0.00000274. The van der Waals surface area contributed by atoms with Crippen LogP contribution >= 0.6 is 12.4 Å². The Morgan fingerprint density at radius 3 is 2.59 bits per heavy atom. The Morgan fingerprint density at radius 1 is 1.06 bits per heavy atom. The van der Waals surface area contributed by atoms with E-state index < -0.39 is 12.2 Å². The fourth-order valence-corrected chi connectivity index (χ4v) is 5.01. The molecule has 3 aliphatic rings. The number of anilines is 2.